The van der Waals surface area contributed by atoms with Crippen molar-refractivity contribution in [2.24, 2.45) is 0 Å². The van der Waals surface area contributed by atoms with Crippen molar-refractivity contribution in [2.75, 3.05) is 22.9 Å². The molecule has 2 heterocycles. The Morgan fingerprint density at radius 2 is 1.86 bits per heavy atom. The highest BCUT2D eigenvalue weighted by molar-refractivity contribution is 7.92. The molecule has 4 aromatic rings. The molecule has 0 spiro atoms. The second-order valence-corrected chi connectivity index (χ2v) is 9.29. The van der Waals surface area contributed by atoms with Gasteiger partial charge in [0.05, 0.1) is 17.6 Å². The van der Waals surface area contributed by atoms with Crippen molar-refractivity contribution >= 4 is 49.1 Å². The van der Waals surface area contributed by atoms with Crippen LogP contribution >= 0.6 is 11.3 Å². The molecular weight excluding hydrogens is 410 g/mol. The fourth-order valence-corrected chi connectivity index (χ4v) is 3.97. The van der Waals surface area contributed by atoms with Gasteiger partial charge >= 0.3 is 0 Å². The largest absolute Gasteiger partial charge is 0.451 e. The first kappa shape index (κ1) is 19.2. The van der Waals surface area contributed by atoms with Crippen LogP contribution in [0, 0.1) is 0 Å². The van der Waals surface area contributed by atoms with Gasteiger partial charge in [-0.3, -0.25) is 14.4 Å². The molecular formula is C20H17N3O4S2. The molecule has 0 fully saturated rings. The number of amides is 1. The zero-order valence-electron chi connectivity index (χ0n) is 15.6. The maximum atomic E-state index is 12.4. The second kappa shape index (κ2) is 7.34. The molecule has 2 aromatic carbocycles. The number of sulfonamides is 1. The van der Waals surface area contributed by atoms with Crippen LogP contribution < -0.4 is 9.62 Å². The quantitative estimate of drug-likeness (QED) is 0.515. The Hall–Kier alpha value is -3.17. The van der Waals surface area contributed by atoms with Gasteiger partial charge in [-0.05, 0) is 24.3 Å². The van der Waals surface area contributed by atoms with Gasteiger partial charge in [-0.15, -0.1) is 11.3 Å². The molecule has 0 radical (unpaired) electrons. The summed E-state index contributed by atoms with van der Waals surface area (Å²) in [7, 11) is -1.82. The molecule has 4 rings (SSSR count). The Kier molecular flexibility index (Phi) is 4.85. The number of fused-ring (bicyclic) bond motifs is 1. The molecule has 29 heavy (non-hydrogen) atoms. The topological polar surface area (TPSA) is 92.5 Å². The van der Waals surface area contributed by atoms with E-state index in [1.54, 1.807) is 36.4 Å². The third kappa shape index (κ3) is 4.01. The summed E-state index contributed by atoms with van der Waals surface area (Å²) in [6.45, 7) is 0. The van der Waals surface area contributed by atoms with E-state index in [0.29, 0.717) is 22.1 Å². The molecule has 1 amide bonds. The van der Waals surface area contributed by atoms with Crippen LogP contribution in [-0.4, -0.2) is 32.6 Å². The first-order chi connectivity index (χ1) is 13.8. The highest BCUT2D eigenvalue weighted by atomic mass is 32.2. The van der Waals surface area contributed by atoms with E-state index in [2.05, 4.69) is 10.3 Å². The number of nitrogens with one attached hydrogen (secondary N) is 1. The van der Waals surface area contributed by atoms with E-state index in [0.717, 1.165) is 17.2 Å². The van der Waals surface area contributed by atoms with E-state index < -0.39 is 10.0 Å². The van der Waals surface area contributed by atoms with Crippen LogP contribution in [0.1, 0.15) is 10.6 Å². The Labute approximate surface area is 171 Å². The third-order valence-corrected chi connectivity index (χ3v) is 6.36. The van der Waals surface area contributed by atoms with Gasteiger partial charge in [0.25, 0.3) is 5.91 Å². The third-order valence-electron chi connectivity index (χ3n) is 4.40. The number of nitrogens with zero attached hydrogens (tertiary/aromatic N) is 2. The van der Waals surface area contributed by atoms with E-state index in [9.17, 15) is 13.2 Å². The van der Waals surface area contributed by atoms with Gasteiger partial charge in [0.15, 0.2) is 10.9 Å². The average Bonchev–Trinajstić information content (AvgIpc) is 3.33. The molecule has 1 N–H and O–H groups in total. The number of thiazole rings is 1. The number of aromatic nitrogens is 1. The molecule has 0 saturated carbocycles. The first-order valence-corrected chi connectivity index (χ1v) is 11.3. The standard InChI is InChI=1S/C20H17N3O4S2/c1-23(29(2,25)26)15-9-7-13(8-10-15)16-12-28-20(21-16)22-19(24)18-11-14-5-3-4-6-17(14)27-18/h3-12H,1-2H3,(H,21,22,24). The van der Waals surface area contributed by atoms with Crippen molar-refractivity contribution in [1.82, 2.24) is 4.98 Å². The van der Waals surface area contributed by atoms with E-state index in [1.807, 2.05) is 23.6 Å². The van der Waals surface area contributed by atoms with Gasteiger partial charge in [0.2, 0.25) is 10.0 Å². The Morgan fingerprint density at radius 3 is 2.55 bits per heavy atom. The monoisotopic (exact) mass is 427 g/mol. The molecule has 0 aliphatic rings. The van der Waals surface area contributed by atoms with Crippen LogP contribution in [0.15, 0.2) is 64.4 Å². The van der Waals surface area contributed by atoms with Gasteiger partial charge in [-0.25, -0.2) is 13.4 Å². The minimum absolute atomic E-state index is 0.219. The van der Waals surface area contributed by atoms with Crippen molar-refractivity contribution < 1.29 is 17.6 Å². The van der Waals surface area contributed by atoms with Crippen LogP contribution in [-0.2, 0) is 10.0 Å². The van der Waals surface area contributed by atoms with E-state index >= 15 is 0 Å². The lowest BCUT2D eigenvalue weighted by Crippen LogP contribution is -2.24. The van der Waals surface area contributed by atoms with Crippen molar-refractivity contribution in [3.8, 4) is 11.3 Å². The van der Waals surface area contributed by atoms with E-state index in [4.69, 9.17) is 4.42 Å². The number of carbonyl (C=O) groups excluding carboxylic acids is 1. The van der Waals surface area contributed by atoms with Gasteiger partial charge in [-0.2, -0.15) is 0 Å². The summed E-state index contributed by atoms with van der Waals surface area (Å²) in [6.07, 6.45) is 1.15. The lowest BCUT2D eigenvalue weighted by Gasteiger charge is -2.16. The lowest BCUT2D eigenvalue weighted by atomic mass is 10.1. The fourth-order valence-electron chi connectivity index (χ4n) is 2.75. The Morgan fingerprint density at radius 1 is 1.14 bits per heavy atom. The van der Waals surface area contributed by atoms with Crippen molar-refractivity contribution in [1.29, 1.82) is 0 Å². The van der Waals surface area contributed by atoms with E-state index in [1.165, 1.54) is 22.7 Å². The van der Waals surface area contributed by atoms with Crippen molar-refractivity contribution in [3.63, 3.8) is 0 Å². The molecule has 148 valence electrons. The summed E-state index contributed by atoms with van der Waals surface area (Å²) in [4.78, 5) is 16.9. The molecule has 0 bridgehead atoms. The first-order valence-electron chi connectivity index (χ1n) is 8.61. The average molecular weight is 428 g/mol. The molecule has 0 saturated heterocycles. The van der Waals surface area contributed by atoms with Crippen LogP contribution in [0.3, 0.4) is 0 Å². The summed E-state index contributed by atoms with van der Waals surface area (Å²) in [5, 5.41) is 5.87. The number of benzene rings is 2. The van der Waals surface area contributed by atoms with Gasteiger partial charge in [0, 0.05) is 23.4 Å². The van der Waals surface area contributed by atoms with Crippen LogP contribution in [0.4, 0.5) is 10.8 Å². The highest BCUT2D eigenvalue weighted by Gasteiger charge is 2.15. The summed E-state index contributed by atoms with van der Waals surface area (Å²) in [6, 6.07) is 16.1. The number of hydrogen-bond acceptors (Lipinski definition) is 6. The molecule has 9 heteroatoms. The zero-order chi connectivity index (χ0) is 20.6. The molecule has 0 atom stereocenters. The lowest BCUT2D eigenvalue weighted by molar-refractivity contribution is 0.0998. The predicted molar refractivity (Wildman–Crippen MR) is 115 cm³/mol. The predicted octanol–water partition coefficient (Wildman–Crippen LogP) is 4.20. The summed E-state index contributed by atoms with van der Waals surface area (Å²) in [5.74, 6) is -0.150. The molecule has 0 aliphatic heterocycles. The van der Waals surface area contributed by atoms with Gasteiger partial charge in [0.1, 0.15) is 5.58 Å². The Bertz CT molecular complexity index is 1260. The maximum absolute atomic E-state index is 12.4. The molecule has 0 unspecified atom stereocenters. The number of anilines is 2. The molecule has 7 nitrogen and oxygen atoms in total. The zero-order valence-corrected chi connectivity index (χ0v) is 17.3. The molecule has 2 aromatic heterocycles. The number of carbonyl (C=O) groups is 1. The van der Waals surface area contributed by atoms with Crippen LogP contribution in [0.5, 0.6) is 0 Å². The minimum Gasteiger partial charge on any atom is -0.451 e. The normalized spacial score (nSPS) is 11.5. The van der Waals surface area contributed by atoms with Gasteiger partial charge in [-0.1, -0.05) is 30.3 Å². The van der Waals surface area contributed by atoms with Crippen LogP contribution in [0.2, 0.25) is 0 Å². The minimum atomic E-state index is -3.32. The maximum Gasteiger partial charge on any atom is 0.293 e. The summed E-state index contributed by atoms with van der Waals surface area (Å²) < 4.78 is 30.0. The summed E-state index contributed by atoms with van der Waals surface area (Å²) in [5.41, 5.74) is 2.71. The number of hydrogen-bond donors (Lipinski definition) is 1. The number of rotatable bonds is 5. The number of para-hydroxylation sites is 1. The SMILES string of the molecule is CN(c1ccc(-c2csc(NC(=O)c3cc4ccccc4o3)n2)cc1)S(C)(=O)=O. The Balaban J connectivity index is 1.50. The van der Waals surface area contributed by atoms with Crippen molar-refractivity contribution in [3.05, 3.63) is 65.7 Å². The van der Waals surface area contributed by atoms with Gasteiger partial charge < -0.3 is 4.42 Å². The smallest absolute Gasteiger partial charge is 0.293 e. The highest BCUT2D eigenvalue weighted by Crippen LogP contribution is 2.28. The number of furan rings is 1. The van der Waals surface area contributed by atoms with Crippen molar-refractivity contribution in [2.45, 2.75) is 0 Å². The fraction of sp³-hybridized carbons (Fsp3) is 0.100. The summed E-state index contributed by atoms with van der Waals surface area (Å²) >= 11 is 1.30. The van der Waals surface area contributed by atoms with E-state index in [-0.39, 0.29) is 11.7 Å². The second-order valence-electron chi connectivity index (χ2n) is 6.42. The molecule has 0 aliphatic carbocycles. The van der Waals surface area contributed by atoms with Crippen LogP contribution in [0.25, 0.3) is 22.2 Å².